The molecule has 0 bridgehead atoms. The number of amides is 1. The number of carbonyl (C=O) groups excluding carboxylic acids is 1. The Hall–Kier alpha value is -3.15. The van der Waals surface area contributed by atoms with Crippen LogP contribution in [0.1, 0.15) is 35.3 Å². The van der Waals surface area contributed by atoms with Gasteiger partial charge in [0, 0.05) is 18.2 Å². The van der Waals surface area contributed by atoms with E-state index in [0.29, 0.717) is 23.1 Å². The van der Waals surface area contributed by atoms with Crippen LogP contribution < -0.4 is 11.1 Å². The molecule has 3 rings (SSSR count). The minimum atomic E-state index is -0.734. The van der Waals surface area contributed by atoms with Crippen LogP contribution in [0.5, 0.6) is 0 Å². The average molecular weight is 351 g/mol. The van der Waals surface area contributed by atoms with Crippen LogP contribution in [0.4, 0.5) is 0 Å². The Morgan fingerprint density at radius 2 is 1.69 bits per heavy atom. The number of nitrogens with zero attached hydrogens (tertiary/aromatic N) is 1. The minimum absolute atomic E-state index is 0.00772. The quantitative estimate of drug-likeness (QED) is 0.708. The summed E-state index contributed by atoms with van der Waals surface area (Å²) in [4.78, 5) is 42.8. The van der Waals surface area contributed by atoms with Crippen molar-refractivity contribution in [3.05, 3.63) is 79.9 Å². The molecule has 0 aliphatic heterocycles. The number of benzene rings is 2. The molecule has 1 heterocycles. The Morgan fingerprint density at radius 1 is 1.00 bits per heavy atom. The number of aromatic nitrogens is 2. The third-order valence-electron chi connectivity index (χ3n) is 4.29. The first-order chi connectivity index (χ1) is 12.3. The standard InChI is InChI=1S/C20H21N3O3/c1-12(2)23(11-14-6-4-5-13(3)9-14)20(26)15-7-8-16-17(10-15)22-19(25)18(24)21-16/h4-10,12H,11H2,1-3H3,(H,21,24)(H,22,25). The molecule has 0 atom stereocenters. The molecular formula is C20H21N3O3. The highest BCUT2D eigenvalue weighted by atomic mass is 16.2. The first-order valence-corrected chi connectivity index (χ1v) is 8.48. The molecule has 0 saturated carbocycles. The number of fused-ring (bicyclic) bond motifs is 1. The van der Waals surface area contributed by atoms with Gasteiger partial charge in [-0.25, -0.2) is 0 Å². The van der Waals surface area contributed by atoms with Crippen LogP contribution in [0.3, 0.4) is 0 Å². The average Bonchev–Trinajstić information content (AvgIpc) is 2.59. The monoisotopic (exact) mass is 351 g/mol. The zero-order chi connectivity index (χ0) is 18.8. The highest BCUT2D eigenvalue weighted by Gasteiger charge is 2.19. The molecule has 6 nitrogen and oxygen atoms in total. The van der Waals surface area contributed by atoms with Gasteiger partial charge in [0.05, 0.1) is 11.0 Å². The Morgan fingerprint density at radius 3 is 2.35 bits per heavy atom. The largest absolute Gasteiger partial charge is 0.332 e. The van der Waals surface area contributed by atoms with Crippen molar-refractivity contribution in [3.8, 4) is 0 Å². The molecule has 0 unspecified atom stereocenters. The Balaban J connectivity index is 1.96. The molecule has 0 fully saturated rings. The summed E-state index contributed by atoms with van der Waals surface area (Å²) in [7, 11) is 0. The number of aryl methyl sites for hydroxylation is 1. The van der Waals surface area contributed by atoms with Gasteiger partial charge in [-0.1, -0.05) is 29.8 Å². The van der Waals surface area contributed by atoms with E-state index in [2.05, 4.69) is 16.0 Å². The van der Waals surface area contributed by atoms with Crippen molar-refractivity contribution in [2.75, 3.05) is 0 Å². The van der Waals surface area contributed by atoms with Crippen molar-refractivity contribution in [1.82, 2.24) is 14.9 Å². The second kappa shape index (κ2) is 7.00. The molecule has 3 aromatic rings. The number of hydrogen-bond donors (Lipinski definition) is 2. The van der Waals surface area contributed by atoms with E-state index >= 15 is 0 Å². The van der Waals surface area contributed by atoms with Gasteiger partial charge in [0.15, 0.2) is 0 Å². The summed E-state index contributed by atoms with van der Waals surface area (Å²) in [5, 5.41) is 0. The summed E-state index contributed by atoms with van der Waals surface area (Å²) in [6.45, 7) is 6.45. The number of aromatic amines is 2. The molecule has 0 aliphatic carbocycles. The van der Waals surface area contributed by atoms with Gasteiger partial charge in [0.2, 0.25) is 0 Å². The van der Waals surface area contributed by atoms with Crippen molar-refractivity contribution < 1.29 is 4.79 Å². The first-order valence-electron chi connectivity index (χ1n) is 8.48. The Kier molecular flexibility index (Phi) is 4.75. The lowest BCUT2D eigenvalue weighted by Gasteiger charge is -2.27. The van der Waals surface area contributed by atoms with E-state index in [1.807, 2.05) is 39.0 Å². The molecule has 6 heteroatoms. The smallest absolute Gasteiger partial charge is 0.314 e. The van der Waals surface area contributed by atoms with Crippen LogP contribution in [-0.2, 0) is 6.54 Å². The van der Waals surface area contributed by atoms with Gasteiger partial charge in [-0.15, -0.1) is 0 Å². The van der Waals surface area contributed by atoms with Crippen molar-refractivity contribution in [3.63, 3.8) is 0 Å². The van der Waals surface area contributed by atoms with E-state index in [0.717, 1.165) is 11.1 Å². The third-order valence-corrected chi connectivity index (χ3v) is 4.29. The number of carbonyl (C=O) groups is 1. The Labute approximate surface area is 150 Å². The molecule has 1 amide bonds. The fourth-order valence-electron chi connectivity index (χ4n) is 2.91. The van der Waals surface area contributed by atoms with E-state index in [9.17, 15) is 14.4 Å². The van der Waals surface area contributed by atoms with Crippen molar-refractivity contribution in [2.24, 2.45) is 0 Å². The maximum atomic E-state index is 13.0. The minimum Gasteiger partial charge on any atom is -0.332 e. The second-order valence-electron chi connectivity index (χ2n) is 6.68. The highest BCUT2D eigenvalue weighted by molar-refractivity contribution is 5.97. The van der Waals surface area contributed by atoms with Gasteiger partial charge in [0.1, 0.15) is 0 Å². The summed E-state index contributed by atoms with van der Waals surface area (Å²) in [5.41, 5.74) is 2.14. The summed E-state index contributed by atoms with van der Waals surface area (Å²) < 4.78 is 0. The lowest BCUT2D eigenvalue weighted by atomic mass is 10.1. The molecule has 2 N–H and O–H groups in total. The number of hydrogen-bond acceptors (Lipinski definition) is 3. The van der Waals surface area contributed by atoms with Crippen LogP contribution in [0.15, 0.2) is 52.1 Å². The SMILES string of the molecule is Cc1cccc(CN(C(=O)c2ccc3[nH]c(=O)c(=O)[nH]c3c2)C(C)C)c1. The molecular weight excluding hydrogens is 330 g/mol. The van der Waals surface area contributed by atoms with Gasteiger partial charge < -0.3 is 14.9 Å². The molecule has 1 aromatic heterocycles. The number of rotatable bonds is 4. The topological polar surface area (TPSA) is 86.0 Å². The van der Waals surface area contributed by atoms with E-state index in [4.69, 9.17) is 0 Å². The summed E-state index contributed by atoms with van der Waals surface area (Å²) in [6.07, 6.45) is 0. The number of nitrogens with one attached hydrogen (secondary N) is 2. The molecule has 0 aliphatic rings. The van der Waals surface area contributed by atoms with Crippen LogP contribution in [0.2, 0.25) is 0 Å². The predicted octanol–water partition coefficient (Wildman–Crippen LogP) is 2.58. The van der Waals surface area contributed by atoms with E-state index in [-0.39, 0.29) is 11.9 Å². The summed E-state index contributed by atoms with van der Waals surface area (Å²) in [5.74, 6) is -0.129. The zero-order valence-electron chi connectivity index (χ0n) is 15.0. The highest BCUT2D eigenvalue weighted by Crippen LogP contribution is 2.16. The molecule has 0 saturated heterocycles. The van der Waals surface area contributed by atoms with E-state index in [1.165, 1.54) is 0 Å². The van der Waals surface area contributed by atoms with Gasteiger partial charge in [-0.3, -0.25) is 14.4 Å². The van der Waals surface area contributed by atoms with Gasteiger partial charge in [0.25, 0.3) is 5.91 Å². The fourth-order valence-corrected chi connectivity index (χ4v) is 2.91. The maximum Gasteiger partial charge on any atom is 0.314 e. The van der Waals surface area contributed by atoms with Crippen LogP contribution in [-0.4, -0.2) is 26.8 Å². The molecule has 134 valence electrons. The van der Waals surface area contributed by atoms with Crippen molar-refractivity contribution in [2.45, 2.75) is 33.4 Å². The lowest BCUT2D eigenvalue weighted by molar-refractivity contribution is 0.0690. The van der Waals surface area contributed by atoms with E-state index < -0.39 is 11.1 Å². The summed E-state index contributed by atoms with van der Waals surface area (Å²) >= 11 is 0. The lowest BCUT2D eigenvalue weighted by Crippen LogP contribution is -2.36. The van der Waals surface area contributed by atoms with Crippen LogP contribution >= 0.6 is 0 Å². The van der Waals surface area contributed by atoms with E-state index in [1.54, 1.807) is 23.1 Å². The molecule has 0 radical (unpaired) electrons. The zero-order valence-corrected chi connectivity index (χ0v) is 15.0. The Bertz CT molecular complexity index is 1080. The maximum absolute atomic E-state index is 13.0. The van der Waals surface area contributed by atoms with Gasteiger partial charge >= 0.3 is 11.1 Å². The fraction of sp³-hybridized carbons (Fsp3) is 0.250. The normalized spacial score (nSPS) is 11.1. The van der Waals surface area contributed by atoms with Crippen molar-refractivity contribution in [1.29, 1.82) is 0 Å². The third kappa shape index (κ3) is 3.59. The summed E-state index contributed by atoms with van der Waals surface area (Å²) in [6, 6.07) is 12.9. The predicted molar refractivity (Wildman–Crippen MR) is 101 cm³/mol. The van der Waals surface area contributed by atoms with Gasteiger partial charge in [-0.05, 0) is 44.5 Å². The number of H-pyrrole nitrogens is 2. The second-order valence-corrected chi connectivity index (χ2v) is 6.68. The van der Waals surface area contributed by atoms with Crippen LogP contribution in [0.25, 0.3) is 11.0 Å². The molecule has 26 heavy (non-hydrogen) atoms. The van der Waals surface area contributed by atoms with Crippen molar-refractivity contribution >= 4 is 16.9 Å². The van der Waals surface area contributed by atoms with Crippen LogP contribution in [0, 0.1) is 6.92 Å². The molecule has 2 aromatic carbocycles. The molecule has 0 spiro atoms. The van der Waals surface area contributed by atoms with Gasteiger partial charge in [-0.2, -0.15) is 0 Å². The first kappa shape index (κ1) is 17.7.